The van der Waals surface area contributed by atoms with Gasteiger partial charge in [-0.25, -0.2) is 4.79 Å². The van der Waals surface area contributed by atoms with Gasteiger partial charge in [0, 0.05) is 19.0 Å². The van der Waals surface area contributed by atoms with Crippen LogP contribution in [0.1, 0.15) is 35.4 Å². The van der Waals surface area contributed by atoms with Gasteiger partial charge in [-0.05, 0) is 36.0 Å². The minimum absolute atomic E-state index is 0.00276. The van der Waals surface area contributed by atoms with Gasteiger partial charge < -0.3 is 10.2 Å². The van der Waals surface area contributed by atoms with Gasteiger partial charge in [-0.3, -0.25) is 9.69 Å². The van der Waals surface area contributed by atoms with E-state index in [1.807, 2.05) is 30.3 Å². The van der Waals surface area contributed by atoms with Crippen LogP contribution in [0, 0.1) is 0 Å². The number of urea groups is 1. The van der Waals surface area contributed by atoms with Gasteiger partial charge in [0.25, 0.3) is 0 Å². The number of amides is 3. The average molecular weight is 363 g/mol. The minimum Gasteiger partial charge on any atom is -0.337 e. The Morgan fingerprint density at radius 3 is 2.70 bits per heavy atom. The van der Waals surface area contributed by atoms with Crippen LogP contribution in [0.5, 0.6) is 0 Å². The summed E-state index contributed by atoms with van der Waals surface area (Å²) in [5.41, 5.74) is 3.83. The zero-order chi connectivity index (χ0) is 18.6. The van der Waals surface area contributed by atoms with Crippen molar-refractivity contribution < 1.29 is 9.59 Å². The summed E-state index contributed by atoms with van der Waals surface area (Å²) in [5, 5.41) is 3.05. The number of nitrogens with zero attached hydrogens (tertiary/aromatic N) is 2. The molecule has 5 heteroatoms. The first kappa shape index (κ1) is 17.6. The molecule has 0 saturated carbocycles. The van der Waals surface area contributed by atoms with Gasteiger partial charge in [0.05, 0.1) is 6.67 Å². The second-order valence-corrected chi connectivity index (χ2v) is 7.39. The standard InChI is InChI=1S/C22H25N3O2/c26-21-15-25(16-24(21)14-17-7-2-1-3-8-17)22(27)23-13-19-11-6-10-18-9-4-5-12-20(18)19/h1-5,7-9,12,19H,6,10-11,13-16H2,(H,23,27). The minimum atomic E-state index is -0.151. The first-order valence-corrected chi connectivity index (χ1v) is 9.63. The lowest BCUT2D eigenvalue weighted by molar-refractivity contribution is -0.127. The third-order valence-corrected chi connectivity index (χ3v) is 5.52. The van der Waals surface area contributed by atoms with E-state index >= 15 is 0 Å². The highest BCUT2D eigenvalue weighted by molar-refractivity contribution is 5.87. The van der Waals surface area contributed by atoms with Crippen molar-refractivity contribution >= 4 is 11.9 Å². The molecule has 1 atom stereocenters. The Morgan fingerprint density at radius 2 is 1.85 bits per heavy atom. The number of benzene rings is 2. The van der Waals surface area contributed by atoms with E-state index in [0.29, 0.717) is 25.7 Å². The molecule has 0 spiro atoms. The summed E-state index contributed by atoms with van der Waals surface area (Å²) >= 11 is 0. The van der Waals surface area contributed by atoms with Gasteiger partial charge in [-0.1, -0.05) is 54.6 Å². The molecule has 1 fully saturated rings. The predicted molar refractivity (Wildman–Crippen MR) is 104 cm³/mol. The number of carbonyl (C=O) groups excluding carboxylic acids is 2. The molecule has 2 aliphatic rings. The molecule has 3 amide bonds. The van der Waals surface area contributed by atoms with Crippen molar-refractivity contribution in [2.45, 2.75) is 31.7 Å². The molecule has 2 aromatic rings. The zero-order valence-electron chi connectivity index (χ0n) is 15.4. The fraction of sp³-hybridized carbons (Fsp3) is 0.364. The Kier molecular flexibility index (Phi) is 5.10. The molecule has 4 rings (SSSR count). The zero-order valence-corrected chi connectivity index (χ0v) is 15.4. The van der Waals surface area contributed by atoms with Crippen LogP contribution in [-0.4, -0.2) is 41.5 Å². The van der Waals surface area contributed by atoms with Gasteiger partial charge in [0.15, 0.2) is 0 Å². The summed E-state index contributed by atoms with van der Waals surface area (Å²) in [5.74, 6) is 0.356. The van der Waals surface area contributed by atoms with Gasteiger partial charge in [0.1, 0.15) is 6.54 Å². The summed E-state index contributed by atoms with van der Waals surface area (Å²) in [6.07, 6.45) is 3.37. The van der Waals surface area contributed by atoms with Gasteiger partial charge in [-0.15, -0.1) is 0 Å². The van der Waals surface area contributed by atoms with Crippen LogP contribution in [0.2, 0.25) is 0 Å². The SMILES string of the molecule is O=C1CN(C(=O)NCC2CCCc3ccccc32)CN1Cc1ccccc1. The van der Waals surface area contributed by atoms with E-state index in [-0.39, 0.29) is 18.5 Å². The van der Waals surface area contributed by atoms with Crippen LogP contribution < -0.4 is 5.32 Å². The van der Waals surface area contributed by atoms with E-state index in [2.05, 4.69) is 29.6 Å². The van der Waals surface area contributed by atoms with Crippen molar-refractivity contribution in [1.82, 2.24) is 15.1 Å². The lowest BCUT2D eigenvalue weighted by Gasteiger charge is -2.26. The Hall–Kier alpha value is -2.82. The molecule has 0 radical (unpaired) electrons. The maximum absolute atomic E-state index is 12.6. The topological polar surface area (TPSA) is 52.7 Å². The van der Waals surface area contributed by atoms with E-state index in [9.17, 15) is 9.59 Å². The van der Waals surface area contributed by atoms with E-state index in [4.69, 9.17) is 0 Å². The third-order valence-electron chi connectivity index (χ3n) is 5.52. The fourth-order valence-electron chi connectivity index (χ4n) is 4.07. The molecule has 2 aromatic carbocycles. The van der Waals surface area contributed by atoms with Crippen molar-refractivity contribution in [2.75, 3.05) is 19.8 Å². The Morgan fingerprint density at radius 1 is 1.07 bits per heavy atom. The summed E-state index contributed by atoms with van der Waals surface area (Å²) in [6.45, 7) is 1.67. The number of rotatable bonds is 4. The largest absolute Gasteiger partial charge is 0.337 e. The van der Waals surface area contributed by atoms with E-state index < -0.39 is 0 Å². The molecule has 27 heavy (non-hydrogen) atoms. The van der Waals surface area contributed by atoms with Gasteiger partial charge in [-0.2, -0.15) is 0 Å². The van der Waals surface area contributed by atoms with Crippen molar-refractivity contribution in [1.29, 1.82) is 0 Å². The van der Waals surface area contributed by atoms with Gasteiger partial charge in [0.2, 0.25) is 5.91 Å². The monoisotopic (exact) mass is 363 g/mol. The maximum atomic E-state index is 12.6. The van der Waals surface area contributed by atoms with E-state index in [1.165, 1.54) is 11.1 Å². The second kappa shape index (κ2) is 7.82. The fourth-order valence-corrected chi connectivity index (χ4v) is 4.07. The average Bonchev–Trinajstić information content (AvgIpc) is 3.07. The van der Waals surface area contributed by atoms with Crippen LogP contribution in [0.15, 0.2) is 54.6 Å². The highest BCUT2D eigenvalue weighted by Gasteiger charge is 2.31. The maximum Gasteiger partial charge on any atom is 0.319 e. The summed E-state index contributed by atoms with van der Waals surface area (Å²) < 4.78 is 0. The molecule has 1 aliphatic carbocycles. The number of aryl methyl sites for hydroxylation is 1. The third kappa shape index (κ3) is 3.97. The molecule has 0 bridgehead atoms. The molecular weight excluding hydrogens is 338 g/mol. The van der Waals surface area contributed by atoms with E-state index in [0.717, 1.165) is 24.8 Å². The van der Waals surface area contributed by atoms with Crippen LogP contribution in [0.3, 0.4) is 0 Å². The van der Waals surface area contributed by atoms with Crippen LogP contribution in [-0.2, 0) is 17.8 Å². The molecular formula is C22H25N3O2. The molecule has 5 nitrogen and oxygen atoms in total. The van der Waals surface area contributed by atoms with Crippen LogP contribution >= 0.6 is 0 Å². The molecule has 1 N–H and O–H groups in total. The first-order valence-electron chi connectivity index (χ1n) is 9.63. The smallest absolute Gasteiger partial charge is 0.319 e. The highest BCUT2D eigenvalue weighted by Crippen LogP contribution is 2.30. The number of nitrogens with one attached hydrogen (secondary N) is 1. The molecule has 1 aliphatic heterocycles. The Balaban J connectivity index is 1.32. The number of fused-ring (bicyclic) bond motifs is 1. The normalized spacial score (nSPS) is 19.1. The first-order chi connectivity index (χ1) is 13.2. The van der Waals surface area contributed by atoms with Crippen molar-refractivity contribution in [3.63, 3.8) is 0 Å². The molecule has 0 aromatic heterocycles. The predicted octanol–water partition coefficient (Wildman–Crippen LogP) is 3.12. The summed E-state index contributed by atoms with van der Waals surface area (Å²) in [4.78, 5) is 28.2. The number of hydrogen-bond donors (Lipinski definition) is 1. The second-order valence-electron chi connectivity index (χ2n) is 7.39. The Bertz CT molecular complexity index is 821. The molecule has 1 unspecified atom stereocenters. The lowest BCUT2D eigenvalue weighted by atomic mass is 9.83. The Labute approximate surface area is 160 Å². The number of carbonyl (C=O) groups is 2. The molecule has 1 heterocycles. The van der Waals surface area contributed by atoms with Crippen LogP contribution in [0.25, 0.3) is 0 Å². The van der Waals surface area contributed by atoms with Crippen molar-refractivity contribution in [3.05, 3.63) is 71.3 Å². The van der Waals surface area contributed by atoms with Crippen molar-refractivity contribution in [2.24, 2.45) is 0 Å². The summed E-state index contributed by atoms with van der Waals surface area (Å²) in [6, 6.07) is 18.2. The van der Waals surface area contributed by atoms with Crippen molar-refractivity contribution in [3.8, 4) is 0 Å². The molecule has 140 valence electrons. The van der Waals surface area contributed by atoms with E-state index in [1.54, 1.807) is 9.80 Å². The lowest BCUT2D eigenvalue weighted by Crippen LogP contribution is -2.41. The highest BCUT2D eigenvalue weighted by atomic mass is 16.2. The molecule has 1 saturated heterocycles. The quantitative estimate of drug-likeness (QED) is 0.907. The summed E-state index contributed by atoms with van der Waals surface area (Å²) in [7, 11) is 0. The van der Waals surface area contributed by atoms with Crippen LogP contribution in [0.4, 0.5) is 4.79 Å². The van der Waals surface area contributed by atoms with Gasteiger partial charge >= 0.3 is 6.03 Å². The number of hydrogen-bond acceptors (Lipinski definition) is 2.